The molecule has 0 N–H and O–H groups in total. The molecule has 5 heteroatoms. The highest BCUT2D eigenvalue weighted by atomic mass is 19.1. The first-order chi connectivity index (χ1) is 13.5. The molecule has 138 valence electrons. The summed E-state index contributed by atoms with van der Waals surface area (Å²) >= 11 is 0. The van der Waals surface area contributed by atoms with Gasteiger partial charge in [-0.2, -0.15) is 0 Å². The molecule has 0 aliphatic rings. The van der Waals surface area contributed by atoms with Gasteiger partial charge in [-0.05, 0) is 36.8 Å². The van der Waals surface area contributed by atoms with Gasteiger partial charge in [0.1, 0.15) is 11.5 Å². The zero-order valence-corrected chi connectivity index (χ0v) is 15.2. The van der Waals surface area contributed by atoms with Gasteiger partial charge < -0.3 is 4.57 Å². The number of pyridine rings is 2. The summed E-state index contributed by atoms with van der Waals surface area (Å²) in [5.41, 5.74) is 2.30. The van der Waals surface area contributed by atoms with E-state index in [4.69, 9.17) is 0 Å². The van der Waals surface area contributed by atoms with Crippen LogP contribution in [0.5, 0.6) is 0 Å². The van der Waals surface area contributed by atoms with Crippen molar-refractivity contribution in [2.45, 2.75) is 13.5 Å². The highest BCUT2D eigenvalue weighted by Gasteiger charge is 2.18. The van der Waals surface area contributed by atoms with Crippen LogP contribution in [0.1, 0.15) is 27.2 Å². The van der Waals surface area contributed by atoms with E-state index in [9.17, 15) is 14.0 Å². The maximum Gasteiger partial charge on any atom is 0.202 e. The van der Waals surface area contributed by atoms with Crippen molar-refractivity contribution >= 4 is 16.8 Å². The quantitative estimate of drug-likeness (QED) is 0.506. The summed E-state index contributed by atoms with van der Waals surface area (Å²) in [4.78, 5) is 30.4. The third-order valence-electron chi connectivity index (χ3n) is 4.61. The second-order valence-electron chi connectivity index (χ2n) is 6.65. The fourth-order valence-corrected chi connectivity index (χ4v) is 3.17. The number of benzene rings is 2. The number of aryl methyl sites for hydroxylation is 1. The minimum Gasteiger partial charge on any atom is -0.327 e. The molecule has 4 aromatic rings. The monoisotopic (exact) mass is 372 g/mol. The van der Waals surface area contributed by atoms with E-state index in [1.165, 1.54) is 12.1 Å². The summed E-state index contributed by atoms with van der Waals surface area (Å²) in [6.45, 7) is 2.21. The highest BCUT2D eigenvalue weighted by molar-refractivity contribution is 6.09. The van der Waals surface area contributed by atoms with Gasteiger partial charge in [0.05, 0.1) is 10.9 Å². The van der Waals surface area contributed by atoms with E-state index in [0.29, 0.717) is 23.1 Å². The maximum absolute atomic E-state index is 13.2. The van der Waals surface area contributed by atoms with Gasteiger partial charge in [-0.3, -0.25) is 9.59 Å². The van der Waals surface area contributed by atoms with Gasteiger partial charge >= 0.3 is 0 Å². The van der Waals surface area contributed by atoms with Crippen molar-refractivity contribution in [3.63, 3.8) is 0 Å². The number of ketones is 1. The molecule has 2 heterocycles. The van der Waals surface area contributed by atoms with Gasteiger partial charge in [-0.1, -0.05) is 42.5 Å². The van der Waals surface area contributed by atoms with Crippen LogP contribution in [0.25, 0.3) is 11.0 Å². The molecule has 0 amide bonds. The number of aromatic nitrogens is 2. The molecule has 0 fully saturated rings. The van der Waals surface area contributed by atoms with Crippen molar-refractivity contribution in [3.8, 4) is 0 Å². The van der Waals surface area contributed by atoms with Crippen LogP contribution in [-0.2, 0) is 6.54 Å². The normalized spacial score (nSPS) is 10.9. The van der Waals surface area contributed by atoms with Crippen LogP contribution in [0.3, 0.4) is 0 Å². The molecule has 0 aliphatic carbocycles. The molecule has 0 aliphatic heterocycles. The van der Waals surface area contributed by atoms with Crippen LogP contribution in [-0.4, -0.2) is 15.3 Å². The molecule has 0 saturated carbocycles. The van der Waals surface area contributed by atoms with Crippen molar-refractivity contribution in [1.29, 1.82) is 0 Å². The van der Waals surface area contributed by atoms with Gasteiger partial charge in [0.15, 0.2) is 5.78 Å². The summed E-state index contributed by atoms with van der Waals surface area (Å²) in [5, 5.41) is 0.384. The minimum atomic E-state index is -0.341. The van der Waals surface area contributed by atoms with Crippen LogP contribution >= 0.6 is 0 Å². The van der Waals surface area contributed by atoms with E-state index in [2.05, 4.69) is 4.98 Å². The van der Waals surface area contributed by atoms with Crippen molar-refractivity contribution < 1.29 is 9.18 Å². The second-order valence-corrected chi connectivity index (χ2v) is 6.65. The Kier molecular flexibility index (Phi) is 4.57. The number of carbonyl (C=O) groups is 1. The molecule has 2 aromatic carbocycles. The number of halogens is 1. The predicted molar refractivity (Wildman–Crippen MR) is 106 cm³/mol. The first kappa shape index (κ1) is 17.8. The molecule has 0 atom stereocenters. The average Bonchev–Trinajstić information content (AvgIpc) is 2.71. The van der Waals surface area contributed by atoms with E-state index in [1.807, 2.05) is 13.0 Å². The molecule has 4 rings (SSSR count). The molecule has 0 spiro atoms. The van der Waals surface area contributed by atoms with Crippen molar-refractivity contribution in [3.05, 3.63) is 111 Å². The summed E-state index contributed by atoms with van der Waals surface area (Å²) in [6.07, 6.45) is 1.55. The Bertz CT molecular complexity index is 1230. The Balaban J connectivity index is 1.90. The number of nitrogens with zero attached hydrogens (tertiary/aromatic N) is 2. The van der Waals surface area contributed by atoms with Crippen LogP contribution in [0.4, 0.5) is 4.39 Å². The number of fused-ring (bicyclic) bond motifs is 1. The van der Waals surface area contributed by atoms with Gasteiger partial charge in [-0.15, -0.1) is 0 Å². The van der Waals surface area contributed by atoms with Crippen LogP contribution < -0.4 is 5.43 Å². The van der Waals surface area contributed by atoms with E-state index in [0.717, 1.165) is 11.3 Å². The van der Waals surface area contributed by atoms with E-state index < -0.39 is 0 Å². The SMILES string of the molecule is Cc1ccc2c(=O)c(C(=O)c3ccccc3)cn(Cc3ccc(F)cc3)c2n1. The smallest absolute Gasteiger partial charge is 0.202 e. The Hall–Kier alpha value is -3.60. The molecule has 0 unspecified atom stereocenters. The Morgan fingerprint density at radius 3 is 2.43 bits per heavy atom. The van der Waals surface area contributed by atoms with Gasteiger partial charge in [0.25, 0.3) is 0 Å². The van der Waals surface area contributed by atoms with Crippen LogP contribution in [0, 0.1) is 12.7 Å². The molecule has 4 nitrogen and oxygen atoms in total. The molecule has 2 aromatic heterocycles. The Labute approximate surface area is 160 Å². The molecule has 0 bridgehead atoms. The number of hydrogen-bond donors (Lipinski definition) is 0. The largest absolute Gasteiger partial charge is 0.327 e. The molecular formula is C23H17FN2O2. The van der Waals surface area contributed by atoms with Gasteiger partial charge in [-0.25, -0.2) is 9.37 Å². The van der Waals surface area contributed by atoms with Crippen molar-refractivity contribution in [2.75, 3.05) is 0 Å². The lowest BCUT2D eigenvalue weighted by molar-refractivity contribution is 0.103. The zero-order valence-electron chi connectivity index (χ0n) is 15.2. The summed E-state index contributed by atoms with van der Waals surface area (Å²) in [7, 11) is 0. The van der Waals surface area contributed by atoms with E-state index >= 15 is 0 Å². The lowest BCUT2D eigenvalue weighted by Gasteiger charge is -2.13. The van der Waals surface area contributed by atoms with Crippen molar-refractivity contribution in [1.82, 2.24) is 9.55 Å². The summed E-state index contributed by atoms with van der Waals surface area (Å²) in [6, 6.07) is 18.3. The standard InChI is InChI=1S/C23H17FN2O2/c1-15-7-12-19-22(28)20(21(27)17-5-3-2-4-6-17)14-26(23(19)25-15)13-16-8-10-18(24)11-9-16/h2-12,14H,13H2,1H3. The first-order valence-electron chi connectivity index (χ1n) is 8.88. The average molecular weight is 372 g/mol. The van der Waals surface area contributed by atoms with E-state index in [1.54, 1.807) is 59.3 Å². The maximum atomic E-state index is 13.2. The van der Waals surface area contributed by atoms with Crippen LogP contribution in [0.2, 0.25) is 0 Å². The lowest BCUT2D eigenvalue weighted by Crippen LogP contribution is -2.21. The van der Waals surface area contributed by atoms with Crippen molar-refractivity contribution in [2.24, 2.45) is 0 Å². The summed E-state index contributed by atoms with van der Waals surface area (Å²) < 4.78 is 15.0. The molecule has 0 saturated heterocycles. The Morgan fingerprint density at radius 1 is 1.00 bits per heavy atom. The zero-order chi connectivity index (χ0) is 19.7. The molecule has 28 heavy (non-hydrogen) atoms. The topological polar surface area (TPSA) is 52.0 Å². The third-order valence-corrected chi connectivity index (χ3v) is 4.61. The second kappa shape index (κ2) is 7.19. The summed E-state index contributed by atoms with van der Waals surface area (Å²) in [5.74, 6) is -0.650. The third kappa shape index (κ3) is 3.34. The van der Waals surface area contributed by atoms with Gasteiger partial charge in [0, 0.05) is 24.0 Å². The number of carbonyl (C=O) groups excluding carboxylic acids is 1. The first-order valence-corrected chi connectivity index (χ1v) is 8.88. The van der Waals surface area contributed by atoms with E-state index in [-0.39, 0.29) is 22.6 Å². The number of rotatable bonds is 4. The lowest BCUT2D eigenvalue weighted by atomic mass is 10.0. The minimum absolute atomic E-state index is 0.0893. The molecular weight excluding hydrogens is 355 g/mol. The number of hydrogen-bond acceptors (Lipinski definition) is 3. The highest BCUT2D eigenvalue weighted by Crippen LogP contribution is 2.16. The fraction of sp³-hybridized carbons (Fsp3) is 0.0870. The predicted octanol–water partition coefficient (Wildman–Crippen LogP) is 4.12. The molecule has 0 radical (unpaired) electrons. The Morgan fingerprint density at radius 2 is 1.71 bits per heavy atom. The van der Waals surface area contributed by atoms with Gasteiger partial charge in [0.2, 0.25) is 5.43 Å². The fourth-order valence-electron chi connectivity index (χ4n) is 3.17. The van der Waals surface area contributed by atoms with Crippen LogP contribution in [0.15, 0.2) is 77.7 Å².